The summed E-state index contributed by atoms with van der Waals surface area (Å²) in [5, 5.41) is 2.60. The highest BCUT2D eigenvalue weighted by Gasteiger charge is 2.25. The van der Waals surface area contributed by atoms with Gasteiger partial charge in [0.15, 0.2) is 17.3 Å². The molecule has 1 N–H and O–H groups in total. The number of esters is 2. The topological polar surface area (TPSA) is 133 Å². The first-order chi connectivity index (χ1) is 16.9. The monoisotopic (exact) mass is 499 g/mol. The van der Waals surface area contributed by atoms with Crippen LogP contribution in [-0.4, -0.2) is 55.0 Å². The average molecular weight is 500 g/mol. The molecule has 0 spiro atoms. The molecule has 0 heterocycles. The van der Waals surface area contributed by atoms with Crippen LogP contribution in [0.4, 0.5) is 0 Å². The molecule has 1 rings (SSSR count). The van der Waals surface area contributed by atoms with Crippen LogP contribution in [0.1, 0.15) is 94.8 Å². The van der Waals surface area contributed by atoms with E-state index in [1.165, 1.54) is 13.8 Å². The lowest BCUT2D eigenvalue weighted by Crippen LogP contribution is -2.26. The van der Waals surface area contributed by atoms with Crippen molar-refractivity contribution < 1.29 is 38.2 Å². The Hall–Kier alpha value is -3.88. The van der Waals surface area contributed by atoms with E-state index in [-0.39, 0.29) is 60.1 Å². The minimum Gasteiger partial charge on any atom is -0.462 e. The Morgan fingerprint density at radius 2 is 1.17 bits per heavy atom. The van der Waals surface area contributed by atoms with Crippen LogP contribution in [0.5, 0.6) is 0 Å². The Bertz CT molecular complexity index is 998. The van der Waals surface area contributed by atoms with Crippen molar-refractivity contribution in [2.45, 2.75) is 53.4 Å². The molecule has 0 aliphatic rings. The summed E-state index contributed by atoms with van der Waals surface area (Å²) in [6, 6.07) is 2.32. The van der Waals surface area contributed by atoms with E-state index in [1.54, 1.807) is 13.8 Å². The first-order valence-electron chi connectivity index (χ1n) is 11.5. The van der Waals surface area contributed by atoms with E-state index < -0.39 is 23.5 Å². The summed E-state index contributed by atoms with van der Waals surface area (Å²) < 4.78 is 10.4. The summed E-state index contributed by atoms with van der Waals surface area (Å²) in [5.41, 5.74) is 0.371. The van der Waals surface area contributed by atoms with E-state index in [0.29, 0.717) is 30.4 Å². The van der Waals surface area contributed by atoms with E-state index in [1.807, 2.05) is 0 Å². The largest absolute Gasteiger partial charge is 0.462 e. The van der Waals surface area contributed by atoms with Crippen molar-refractivity contribution in [2.75, 3.05) is 19.8 Å². The molecule has 1 amide bonds. The van der Waals surface area contributed by atoms with Crippen LogP contribution in [0.25, 0.3) is 0 Å². The molecule has 0 fully saturated rings. The first-order valence-corrected chi connectivity index (χ1v) is 11.5. The fourth-order valence-corrected chi connectivity index (χ4v) is 3.03. The molecule has 0 aliphatic carbocycles. The predicted octanol–water partition coefficient (Wildman–Crippen LogP) is 3.80. The molecule has 0 aliphatic heterocycles. The van der Waals surface area contributed by atoms with Gasteiger partial charge in [0.2, 0.25) is 5.91 Å². The molecule has 0 radical (unpaired) electrons. The van der Waals surface area contributed by atoms with Crippen LogP contribution in [0, 0.1) is 0 Å². The van der Waals surface area contributed by atoms with Gasteiger partial charge in [-0.3, -0.25) is 19.2 Å². The van der Waals surface area contributed by atoms with Crippen molar-refractivity contribution in [1.82, 2.24) is 5.32 Å². The lowest BCUT2D eigenvalue weighted by atomic mass is 9.94. The summed E-state index contributed by atoms with van der Waals surface area (Å²) in [5.74, 6) is -3.03. The second-order valence-corrected chi connectivity index (χ2v) is 8.38. The third kappa shape index (κ3) is 9.40. The van der Waals surface area contributed by atoms with E-state index >= 15 is 0 Å². The highest BCUT2D eigenvalue weighted by atomic mass is 16.5. The van der Waals surface area contributed by atoms with Crippen LogP contribution < -0.4 is 5.32 Å². The van der Waals surface area contributed by atoms with Crippen LogP contribution in [-0.2, 0) is 19.1 Å². The van der Waals surface area contributed by atoms with Gasteiger partial charge in [-0.2, -0.15) is 0 Å². The van der Waals surface area contributed by atoms with Gasteiger partial charge in [0, 0.05) is 29.7 Å². The highest BCUT2D eigenvalue weighted by molar-refractivity contribution is 6.12. The SMILES string of the molecule is C=C(C)C(=O)CCCCOC(=O)c1cc(C(C)=O)c(C(=O)OCCCNC(=O)C(=C)C)cc1C(C)=O. The van der Waals surface area contributed by atoms with E-state index in [0.717, 1.165) is 12.1 Å². The zero-order valence-electron chi connectivity index (χ0n) is 21.3. The standard InChI is InChI=1S/C27H33NO8/c1-16(2)24(31)10-7-8-12-35-26(33)22-14-21(19(6)30)23(15-20(22)18(5)29)27(34)36-13-9-11-28-25(32)17(3)4/h14-15H,1,3,7-13H2,2,4-6H3,(H,28,32). The summed E-state index contributed by atoms with van der Waals surface area (Å²) in [6.45, 7) is 13.0. The normalized spacial score (nSPS) is 10.2. The number of rotatable bonds is 15. The minimum atomic E-state index is -0.837. The number of unbranched alkanes of at least 4 members (excludes halogenated alkanes) is 1. The van der Waals surface area contributed by atoms with Crippen molar-refractivity contribution in [2.24, 2.45) is 0 Å². The maximum Gasteiger partial charge on any atom is 0.338 e. The molecule has 0 saturated heterocycles. The number of ether oxygens (including phenoxy) is 2. The molecule has 0 atom stereocenters. The van der Waals surface area contributed by atoms with E-state index in [4.69, 9.17) is 9.47 Å². The molecule has 36 heavy (non-hydrogen) atoms. The zero-order chi connectivity index (χ0) is 27.4. The van der Waals surface area contributed by atoms with Gasteiger partial charge in [-0.05, 0) is 64.7 Å². The number of hydrogen-bond acceptors (Lipinski definition) is 8. The smallest absolute Gasteiger partial charge is 0.338 e. The van der Waals surface area contributed by atoms with Crippen molar-refractivity contribution in [3.8, 4) is 0 Å². The van der Waals surface area contributed by atoms with E-state index in [2.05, 4.69) is 18.5 Å². The molecular weight excluding hydrogens is 466 g/mol. The van der Waals surface area contributed by atoms with Crippen LogP contribution >= 0.6 is 0 Å². The Kier molecular flexibility index (Phi) is 12.1. The minimum absolute atomic E-state index is 0.0146. The van der Waals surface area contributed by atoms with Gasteiger partial charge in [0.05, 0.1) is 24.3 Å². The predicted molar refractivity (Wildman–Crippen MR) is 133 cm³/mol. The summed E-state index contributed by atoms with van der Waals surface area (Å²) >= 11 is 0. The first kappa shape index (κ1) is 30.2. The summed E-state index contributed by atoms with van der Waals surface area (Å²) in [4.78, 5) is 72.8. The zero-order valence-corrected chi connectivity index (χ0v) is 21.3. The quantitative estimate of drug-likeness (QED) is 0.167. The number of carbonyl (C=O) groups excluding carboxylic acids is 6. The van der Waals surface area contributed by atoms with Crippen LogP contribution in [0.2, 0.25) is 0 Å². The number of ketones is 3. The van der Waals surface area contributed by atoms with Gasteiger partial charge in [0.1, 0.15) is 0 Å². The molecule has 9 heteroatoms. The van der Waals surface area contributed by atoms with Crippen molar-refractivity contribution >= 4 is 35.2 Å². The lowest BCUT2D eigenvalue weighted by molar-refractivity contribution is -0.117. The number of Topliss-reactive ketones (excluding diaryl/α,β-unsaturated/α-hetero) is 3. The van der Waals surface area contributed by atoms with E-state index in [9.17, 15) is 28.8 Å². The number of allylic oxidation sites excluding steroid dienone is 1. The molecule has 0 unspecified atom stereocenters. The number of amides is 1. The summed E-state index contributed by atoms with van der Waals surface area (Å²) in [6.07, 6.45) is 1.54. The molecule has 0 saturated carbocycles. The Balaban J connectivity index is 2.92. The van der Waals surface area contributed by atoms with Gasteiger partial charge < -0.3 is 14.8 Å². The third-order valence-electron chi connectivity index (χ3n) is 5.09. The van der Waals surface area contributed by atoms with Gasteiger partial charge in [-0.1, -0.05) is 13.2 Å². The number of hydrogen-bond donors (Lipinski definition) is 1. The Labute approximate surface area is 210 Å². The lowest BCUT2D eigenvalue weighted by Gasteiger charge is -2.13. The van der Waals surface area contributed by atoms with Crippen molar-refractivity contribution in [3.63, 3.8) is 0 Å². The fourth-order valence-electron chi connectivity index (χ4n) is 3.03. The Morgan fingerprint density at radius 1 is 0.694 bits per heavy atom. The third-order valence-corrected chi connectivity index (χ3v) is 5.09. The maximum absolute atomic E-state index is 12.7. The maximum atomic E-state index is 12.7. The van der Waals surface area contributed by atoms with Gasteiger partial charge in [-0.15, -0.1) is 0 Å². The summed E-state index contributed by atoms with van der Waals surface area (Å²) in [7, 11) is 0. The molecule has 9 nitrogen and oxygen atoms in total. The number of nitrogens with one attached hydrogen (secondary N) is 1. The van der Waals surface area contributed by atoms with Gasteiger partial charge in [-0.25, -0.2) is 9.59 Å². The number of carbonyl (C=O) groups is 6. The molecule has 1 aromatic rings. The molecule has 0 aromatic heterocycles. The van der Waals surface area contributed by atoms with Crippen LogP contribution in [0.3, 0.4) is 0 Å². The molecule has 1 aromatic carbocycles. The Morgan fingerprint density at radius 3 is 1.58 bits per heavy atom. The highest BCUT2D eigenvalue weighted by Crippen LogP contribution is 2.21. The second kappa shape index (κ2) is 14.5. The number of benzene rings is 1. The second-order valence-electron chi connectivity index (χ2n) is 8.38. The van der Waals surface area contributed by atoms with Gasteiger partial charge in [0.25, 0.3) is 0 Å². The van der Waals surface area contributed by atoms with Crippen molar-refractivity contribution in [1.29, 1.82) is 0 Å². The average Bonchev–Trinajstić information content (AvgIpc) is 2.81. The molecule has 0 bridgehead atoms. The molecular formula is C27H33NO8. The van der Waals surface area contributed by atoms with Crippen molar-refractivity contribution in [3.05, 3.63) is 58.7 Å². The fraction of sp³-hybridized carbons (Fsp3) is 0.407. The van der Waals surface area contributed by atoms with Crippen LogP contribution in [0.15, 0.2) is 36.4 Å². The van der Waals surface area contributed by atoms with Gasteiger partial charge >= 0.3 is 11.9 Å². The molecule has 194 valence electrons.